The molecule has 0 unspecified atom stereocenters. The summed E-state index contributed by atoms with van der Waals surface area (Å²) in [6, 6.07) is 3.33. The zero-order valence-electron chi connectivity index (χ0n) is 10.0. The van der Waals surface area contributed by atoms with Gasteiger partial charge in [-0.15, -0.1) is 0 Å². The lowest BCUT2D eigenvalue weighted by molar-refractivity contribution is 0.284. The highest BCUT2D eigenvalue weighted by Crippen LogP contribution is 2.36. The van der Waals surface area contributed by atoms with E-state index in [4.69, 9.17) is 15.0 Å². The summed E-state index contributed by atoms with van der Waals surface area (Å²) in [7, 11) is 0. The predicted octanol–water partition coefficient (Wildman–Crippen LogP) is 2.99. The largest absolute Gasteiger partial charge is 0.489 e. The lowest BCUT2D eigenvalue weighted by atomic mass is 10.1. The van der Waals surface area contributed by atoms with Gasteiger partial charge in [-0.1, -0.05) is 5.16 Å². The van der Waals surface area contributed by atoms with Crippen LogP contribution >= 0.6 is 0 Å². The van der Waals surface area contributed by atoms with Gasteiger partial charge >= 0.3 is 0 Å². The average molecular weight is 266 g/mol. The molecule has 100 valence electrons. The zero-order valence-corrected chi connectivity index (χ0v) is 10.0. The first-order valence-corrected chi connectivity index (χ1v) is 5.98. The van der Waals surface area contributed by atoms with Gasteiger partial charge in [-0.3, -0.25) is 0 Å². The molecule has 0 saturated heterocycles. The van der Waals surface area contributed by atoms with Crippen molar-refractivity contribution in [3.05, 3.63) is 29.8 Å². The van der Waals surface area contributed by atoms with Crippen molar-refractivity contribution in [1.82, 2.24) is 5.16 Å². The number of aromatic nitrogens is 1. The fourth-order valence-corrected chi connectivity index (χ4v) is 1.79. The number of halogens is 2. The Balaban J connectivity index is 1.99. The molecule has 6 heteroatoms. The molecule has 1 aromatic heterocycles. The van der Waals surface area contributed by atoms with Gasteiger partial charge < -0.3 is 15.0 Å². The van der Waals surface area contributed by atoms with Crippen LogP contribution in [0.25, 0.3) is 11.3 Å². The third kappa shape index (κ3) is 2.52. The van der Waals surface area contributed by atoms with Crippen molar-refractivity contribution in [2.24, 2.45) is 5.92 Å². The molecule has 0 amide bonds. The summed E-state index contributed by atoms with van der Waals surface area (Å²) in [5.41, 5.74) is 5.62. The van der Waals surface area contributed by atoms with Crippen LogP contribution in [0, 0.1) is 17.6 Å². The molecule has 0 spiro atoms. The molecule has 2 aromatic rings. The smallest absolute Gasteiger partial charge is 0.173 e. The number of rotatable bonds is 4. The average Bonchev–Trinajstić information content (AvgIpc) is 3.08. The molecular formula is C13H12F2N2O2. The number of nitrogens with zero attached hydrogens (tertiary/aromatic N) is 1. The van der Waals surface area contributed by atoms with E-state index in [1.165, 1.54) is 6.07 Å². The van der Waals surface area contributed by atoms with Crippen molar-refractivity contribution in [2.75, 3.05) is 12.3 Å². The summed E-state index contributed by atoms with van der Waals surface area (Å²) in [5, 5.41) is 3.50. The Morgan fingerprint density at radius 3 is 2.74 bits per heavy atom. The second-order valence-electron chi connectivity index (χ2n) is 4.63. The van der Waals surface area contributed by atoms with E-state index < -0.39 is 11.6 Å². The standard InChI is InChI=1S/C13H12F2N2O2/c14-8-3-9(11-5-12(16)17-19-11)13(10(15)4-8)18-6-7-1-2-7/h3-5,7H,1-2,6H2,(H2,16,17). The molecular weight excluding hydrogens is 254 g/mol. The van der Waals surface area contributed by atoms with Gasteiger partial charge in [0.2, 0.25) is 0 Å². The Labute approximate surface area is 108 Å². The van der Waals surface area contributed by atoms with Gasteiger partial charge in [-0.2, -0.15) is 0 Å². The number of nitrogens with two attached hydrogens (primary N) is 1. The minimum Gasteiger partial charge on any atom is -0.489 e. The molecule has 2 N–H and O–H groups in total. The molecule has 0 atom stereocenters. The Morgan fingerprint density at radius 1 is 1.32 bits per heavy atom. The summed E-state index contributed by atoms with van der Waals surface area (Å²) in [5.74, 6) is -0.706. The molecule has 4 nitrogen and oxygen atoms in total. The highest BCUT2D eigenvalue weighted by atomic mass is 19.1. The lowest BCUT2D eigenvalue weighted by Gasteiger charge is -2.10. The van der Waals surface area contributed by atoms with Crippen LogP contribution in [0.1, 0.15) is 12.8 Å². The maximum Gasteiger partial charge on any atom is 0.173 e. The van der Waals surface area contributed by atoms with Gasteiger partial charge in [0.15, 0.2) is 23.1 Å². The molecule has 1 heterocycles. The number of benzene rings is 1. The fraction of sp³-hybridized carbons (Fsp3) is 0.308. The van der Waals surface area contributed by atoms with E-state index in [-0.39, 0.29) is 22.9 Å². The van der Waals surface area contributed by atoms with Crippen LogP contribution in [-0.2, 0) is 0 Å². The number of hydrogen-bond donors (Lipinski definition) is 1. The maximum atomic E-state index is 13.8. The normalized spacial score (nSPS) is 14.6. The summed E-state index contributed by atoms with van der Waals surface area (Å²) in [4.78, 5) is 0. The van der Waals surface area contributed by atoms with Crippen LogP contribution in [0.2, 0.25) is 0 Å². The molecule has 0 radical (unpaired) electrons. The zero-order chi connectivity index (χ0) is 13.4. The molecule has 19 heavy (non-hydrogen) atoms. The molecule has 1 aliphatic rings. The number of nitrogen functional groups attached to an aromatic ring is 1. The van der Waals surface area contributed by atoms with E-state index >= 15 is 0 Å². The second-order valence-corrected chi connectivity index (χ2v) is 4.63. The van der Waals surface area contributed by atoms with E-state index in [1.54, 1.807) is 0 Å². The first kappa shape index (κ1) is 12.0. The minimum absolute atomic E-state index is 0.0237. The van der Waals surface area contributed by atoms with Crippen molar-refractivity contribution in [3.8, 4) is 17.1 Å². The van der Waals surface area contributed by atoms with E-state index in [1.807, 2.05) is 0 Å². The summed E-state index contributed by atoms with van der Waals surface area (Å²) in [6.07, 6.45) is 2.15. The first-order chi connectivity index (χ1) is 9.13. The molecule has 1 aromatic carbocycles. The molecule has 1 fully saturated rings. The number of hydrogen-bond acceptors (Lipinski definition) is 4. The van der Waals surface area contributed by atoms with Gasteiger partial charge in [0.05, 0.1) is 12.2 Å². The monoisotopic (exact) mass is 266 g/mol. The Hall–Kier alpha value is -2.11. The molecule has 0 aliphatic heterocycles. The van der Waals surface area contributed by atoms with Gasteiger partial charge in [0.1, 0.15) is 5.82 Å². The van der Waals surface area contributed by atoms with Crippen LogP contribution in [0.5, 0.6) is 5.75 Å². The van der Waals surface area contributed by atoms with Crippen LogP contribution in [-0.4, -0.2) is 11.8 Å². The van der Waals surface area contributed by atoms with Gasteiger partial charge in [-0.25, -0.2) is 8.78 Å². The fourth-order valence-electron chi connectivity index (χ4n) is 1.79. The summed E-state index contributed by atoms with van der Waals surface area (Å²) in [6.45, 7) is 0.416. The van der Waals surface area contributed by atoms with Crippen LogP contribution in [0.15, 0.2) is 22.7 Å². The van der Waals surface area contributed by atoms with Crippen molar-refractivity contribution in [3.63, 3.8) is 0 Å². The topological polar surface area (TPSA) is 61.3 Å². The Bertz CT molecular complexity index is 609. The Morgan fingerprint density at radius 2 is 2.11 bits per heavy atom. The van der Waals surface area contributed by atoms with E-state index in [2.05, 4.69) is 5.16 Å². The highest BCUT2D eigenvalue weighted by molar-refractivity contribution is 5.67. The molecule has 1 aliphatic carbocycles. The molecule has 3 rings (SSSR count). The predicted molar refractivity (Wildman–Crippen MR) is 64.5 cm³/mol. The SMILES string of the molecule is Nc1cc(-c2cc(F)cc(F)c2OCC2CC2)on1. The molecule has 1 saturated carbocycles. The van der Waals surface area contributed by atoms with Crippen molar-refractivity contribution < 1.29 is 18.0 Å². The summed E-state index contributed by atoms with van der Waals surface area (Å²) >= 11 is 0. The van der Waals surface area contributed by atoms with Crippen LogP contribution in [0.3, 0.4) is 0 Å². The van der Waals surface area contributed by atoms with E-state index in [0.29, 0.717) is 12.5 Å². The van der Waals surface area contributed by atoms with Crippen LogP contribution in [0.4, 0.5) is 14.6 Å². The van der Waals surface area contributed by atoms with Gasteiger partial charge in [0.25, 0.3) is 0 Å². The van der Waals surface area contributed by atoms with E-state index in [0.717, 1.165) is 25.0 Å². The van der Waals surface area contributed by atoms with Crippen LogP contribution < -0.4 is 10.5 Å². The third-order valence-corrected chi connectivity index (χ3v) is 2.96. The second kappa shape index (κ2) is 4.53. The number of anilines is 1. The first-order valence-electron chi connectivity index (χ1n) is 5.98. The Kier molecular flexibility index (Phi) is 2.85. The van der Waals surface area contributed by atoms with Gasteiger partial charge in [0, 0.05) is 12.1 Å². The van der Waals surface area contributed by atoms with Crippen molar-refractivity contribution >= 4 is 5.82 Å². The highest BCUT2D eigenvalue weighted by Gasteiger charge is 2.24. The van der Waals surface area contributed by atoms with Crippen molar-refractivity contribution in [2.45, 2.75) is 12.8 Å². The van der Waals surface area contributed by atoms with Gasteiger partial charge in [-0.05, 0) is 24.8 Å². The maximum absolute atomic E-state index is 13.8. The van der Waals surface area contributed by atoms with E-state index in [9.17, 15) is 8.78 Å². The number of ether oxygens (including phenoxy) is 1. The summed E-state index contributed by atoms with van der Waals surface area (Å²) < 4.78 is 37.5. The quantitative estimate of drug-likeness (QED) is 0.924. The molecule has 0 bridgehead atoms. The third-order valence-electron chi connectivity index (χ3n) is 2.96. The lowest BCUT2D eigenvalue weighted by Crippen LogP contribution is -2.03. The minimum atomic E-state index is -0.759. The van der Waals surface area contributed by atoms with Crippen molar-refractivity contribution in [1.29, 1.82) is 0 Å².